The van der Waals surface area contributed by atoms with Gasteiger partial charge in [0.05, 0.1) is 6.61 Å². The molecule has 16 heavy (non-hydrogen) atoms. The Balaban J connectivity index is 2.64. The molecule has 0 aliphatic heterocycles. The SMILES string of the molecule is CCC(C)(CO)CNc1ccc(C)c(Br)c1. The number of hydrogen-bond acceptors (Lipinski definition) is 2. The van der Waals surface area contributed by atoms with Crippen LogP contribution in [0.1, 0.15) is 25.8 Å². The molecule has 0 aliphatic carbocycles. The Morgan fingerprint density at radius 2 is 2.12 bits per heavy atom. The molecule has 0 bridgehead atoms. The molecule has 0 heterocycles. The second kappa shape index (κ2) is 5.69. The number of aliphatic hydroxyl groups is 1. The minimum absolute atomic E-state index is 0.0443. The van der Waals surface area contributed by atoms with Crippen LogP contribution in [-0.4, -0.2) is 18.3 Å². The van der Waals surface area contributed by atoms with E-state index in [4.69, 9.17) is 0 Å². The van der Waals surface area contributed by atoms with Crippen molar-refractivity contribution in [1.29, 1.82) is 0 Å². The molecule has 1 aromatic rings. The molecule has 0 saturated carbocycles. The van der Waals surface area contributed by atoms with Gasteiger partial charge in [0.15, 0.2) is 0 Å². The first-order valence-corrected chi connectivity index (χ1v) is 6.41. The number of halogens is 1. The Kier molecular flexibility index (Phi) is 4.81. The van der Waals surface area contributed by atoms with Gasteiger partial charge in [-0.05, 0) is 31.0 Å². The second-order valence-electron chi connectivity index (χ2n) is 4.64. The lowest BCUT2D eigenvalue weighted by Crippen LogP contribution is -2.29. The fourth-order valence-corrected chi connectivity index (χ4v) is 1.69. The monoisotopic (exact) mass is 285 g/mol. The molecule has 0 aliphatic rings. The Hall–Kier alpha value is -0.540. The Morgan fingerprint density at radius 3 is 2.62 bits per heavy atom. The summed E-state index contributed by atoms with van der Waals surface area (Å²) in [7, 11) is 0. The molecule has 0 spiro atoms. The van der Waals surface area contributed by atoms with Crippen LogP contribution in [0.2, 0.25) is 0 Å². The summed E-state index contributed by atoms with van der Waals surface area (Å²) in [4.78, 5) is 0. The average molecular weight is 286 g/mol. The van der Waals surface area contributed by atoms with Crippen molar-refractivity contribution in [2.75, 3.05) is 18.5 Å². The first-order chi connectivity index (χ1) is 7.50. The number of aliphatic hydroxyl groups excluding tert-OH is 1. The lowest BCUT2D eigenvalue weighted by Gasteiger charge is -2.26. The quantitative estimate of drug-likeness (QED) is 0.867. The number of aryl methyl sites for hydroxylation is 1. The van der Waals surface area contributed by atoms with Crippen molar-refractivity contribution in [2.24, 2.45) is 5.41 Å². The summed E-state index contributed by atoms with van der Waals surface area (Å²) in [5.41, 5.74) is 2.27. The normalized spacial score (nSPS) is 14.6. The maximum absolute atomic E-state index is 9.31. The number of rotatable bonds is 5. The minimum Gasteiger partial charge on any atom is -0.396 e. The van der Waals surface area contributed by atoms with Crippen LogP contribution in [0.25, 0.3) is 0 Å². The Labute approximate surface area is 106 Å². The van der Waals surface area contributed by atoms with Crippen molar-refractivity contribution < 1.29 is 5.11 Å². The summed E-state index contributed by atoms with van der Waals surface area (Å²) in [5.74, 6) is 0. The van der Waals surface area contributed by atoms with Gasteiger partial charge in [-0.25, -0.2) is 0 Å². The van der Waals surface area contributed by atoms with Gasteiger partial charge in [0.1, 0.15) is 0 Å². The summed E-state index contributed by atoms with van der Waals surface area (Å²) in [6.07, 6.45) is 0.962. The summed E-state index contributed by atoms with van der Waals surface area (Å²) in [5, 5.41) is 12.7. The summed E-state index contributed by atoms with van der Waals surface area (Å²) < 4.78 is 1.11. The van der Waals surface area contributed by atoms with E-state index in [1.165, 1.54) is 5.56 Å². The van der Waals surface area contributed by atoms with E-state index in [0.717, 1.165) is 23.1 Å². The van der Waals surface area contributed by atoms with Gasteiger partial charge >= 0.3 is 0 Å². The maximum atomic E-state index is 9.31. The zero-order valence-electron chi connectivity index (χ0n) is 10.2. The molecular weight excluding hydrogens is 266 g/mol. The highest BCUT2D eigenvalue weighted by Gasteiger charge is 2.20. The molecule has 2 N–H and O–H groups in total. The zero-order valence-corrected chi connectivity index (χ0v) is 11.8. The van der Waals surface area contributed by atoms with Crippen LogP contribution >= 0.6 is 15.9 Å². The van der Waals surface area contributed by atoms with E-state index in [1.807, 2.05) is 0 Å². The van der Waals surface area contributed by atoms with Gasteiger partial charge in [-0.3, -0.25) is 0 Å². The van der Waals surface area contributed by atoms with E-state index >= 15 is 0 Å². The number of benzene rings is 1. The molecule has 1 rings (SSSR count). The largest absolute Gasteiger partial charge is 0.396 e. The molecule has 0 aromatic heterocycles. The molecule has 3 heteroatoms. The van der Waals surface area contributed by atoms with E-state index in [0.29, 0.717) is 0 Å². The Bertz CT molecular complexity index is 348. The number of hydrogen-bond donors (Lipinski definition) is 2. The Morgan fingerprint density at radius 1 is 1.44 bits per heavy atom. The first-order valence-electron chi connectivity index (χ1n) is 5.61. The highest BCUT2D eigenvalue weighted by molar-refractivity contribution is 9.10. The van der Waals surface area contributed by atoms with Gasteiger partial charge in [0.25, 0.3) is 0 Å². The van der Waals surface area contributed by atoms with Crippen molar-refractivity contribution in [3.63, 3.8) is 0 Å². The molecule has 1 atom stereocenters. The van der Waals surface area contributed by atoms with Gasteiger partial charge in [0.2, 0.25) is 0 Å². The second-order valence-corrected chi connectivity index (χ2v) is 5.49. The van der Waals surface area contributed by atoms with E-state index in [9.17, 15) is 5.11 Å². The molecule has 1 unspecified atom stereocenters. The van der Waals surface area contributed by atoms with Gasteiger partial charge < -0.3 is 10.4 Å². The summed E-state index contributed by atoms with van der Waals surface area (Å²) in [6, 6.07) is 6.21. The third-order valence-electron chi connectivity index (χ3n) is 3.13. The van der Waals surface area contributed by atoms with Crippen LogP contribution < -0.4 is 5.32 Å². The lowest BCUT2D eigenvalue weighted by atomic mass is 9.88. The molecule has 2 nitrogen and oxygen atoms in total. The van der Waals surface area contributed by atoms with Crippen molar-refractivity contribution in [3.05, 3.63) is 28.2 Å². The van der Waals surface area contributed by atoms with Gasteiger partial charge in [-0.1, -0.05) is 35.8 Å². The fourth-order valence-electron chi connectivity index (χ4n) is 1.31. The van der Waals surface area contributed by atoms with Crippen LogP contribution in [0.5, 0.6) is 0 Å². The first kappa shape index (κ1) is 13.5. The van der Waals surface area contributed by atoms with E-state index in [-0.39, 0.29) is 12.0 Å². The standard InChI is InChI=1S/C13H20BrNO/c1-4-13(3,9-16)8-15-11-6-5-10(2)12(14)7-11/h5-7,15-16H,4,8-9H2,1-3H3. The summed E-state index contributed by atoms with van der Waals surface area (Å²) >= 11 is 3.51. The van der Waals surface area contributed by atoms with Crippen LogP contribution in [0.4, 0.5) is 5.69 Å². The topological polar surface area (TPSA) is 32.3 Å². The van der Waals surface area contributed by atoms with Gasteiger partial charge in [0, 0.05) is 22.1 Å². The number of nitrogens with one attached hydrogen (secondary N) is 1. The minimum atomic E-state index is -0.0443. The van der Waals surface area contributed by atoms with E-state index < -0.39 is 0 Å². The molecule has 0 radical (unpaired) electrons. The molecule has 0 saturated heterocycles. The highest BCUT2D eigenvalue weighted by Crippen LogP contribution is 2.24. The van der Waals surface area contributed by atoms with Crippen LogP contribution in [0, 0.1) is 12.3 Å². The van der Waals surface area contributed by atoms with Crippen LogP contribution in [-0.2, 0) is 0 Å². The predicted octanol–water partition coefficient (Wildman–Crippen LogP) is 3.58. The lowest BCUT2D eigenvalue weighted by molar-refractivity contribution is 0.149. The van der Waals surface area contributed by atoms with Crippen molar-refractivity contribution in [2.45, 2.75) is 27.2 Å². The van der Waals surface area contributed by atoms with E-state index in [2.05, 4.69) is 60.2 Å². The zero-order chi connectivity index (χ0) is 12.2. The molecular formula is C13H20BrNO. The van der Waals surface area contributed by atoms with Crippen molar-refractivity contribution in [1.82, 2.24) is 0 Å². The van der Waals surface area contributed by atoms with Crippen LogP contribution in [0.15, 0.2) is 22.7 Å². The highest BCUT2D eigenvalue weighted by atomic mass is 79.9. The molecule has 0 fully saturated rings. The van der Waals surface area contributed by atoms with Gasteiger partial charge in [-0.15, -0.1) is 0 Å². The summed E-state index contributed by atoms with van der Waals surface area (Å²) in [6.45, 7) is 7.25. The van der Waals surface area contributed by atoms with Gasteiger partial charge in [-0.2, -0.15) is 0 Å². The third-order valence-corrected chi connectivity index (χ3v) is 3.98. The van der Waals surface area contributed by atoms with Crippen molar-refractivity contribution in [3.8, 4) is 0 Å². The van der Waals surface area contributed by atoms with Crippen molar-refractivity contribution >= 4 is 21.6 Å². The third kappa shape index (κ3) is 3.49. The smallest absolute Gasteiger partial charge is 0.0501 e. The predicted molar refractivity (Wildman–Crippen MR) is 72.9 cm³/mol. The fraction of sp³-hybridized carbons (Fsp3) is 0.538. The average Bonchev–Trinajstić information content (AvgIpc) is 2.30. The molecule has 1 aromatic carbocycles. The maximum Gasteiger partial charge on any atom is 0.0501 e. The van der Waals surface area contributed by atoms with Crippen LogP contribution in [0.3, 0.4) is 0 Å². The number of anilines is 1. The van der Waals surface area contributed by atoms with E-state index in [1.54, 1.807) is 0 Å². The molecule has 0 amide bonds. The molecule has 90 valence electrons.